The number of hydrogen-bond acceptors (Lipinski definition) is 3. The summed E-state index contributed by atoms with van der Waals surface area (Å²) in [7, 11) is 2.08. The lowest BCUT2D eigenvalue weighted by Gasteiger charge is -2.12. The summed E-state index contributed by atoms with van der Waals surface area (Å²) >= 11 is 0. The van der Waals surface area contributed by atoms with Gasteiger partial charge >= 0.3 is 0 Å². The van der Waals surface area contributed by atoms with Crippen molar-refractivity contribution in [2.75, 3.05) is 0 Å². The summed E-state index contributed by atoms with van der Waals surface area (Å²) in [6.07, 6.45) is 9.95. The monoisotopic (exact) mass is 521 g/mol. The Labute approximate surface area is 235 Å². The molecule has 0 aliphatic heterocycles. The maximum Gasteiger partial charge on any atom is 0.140 e. The maximum absolute atomic E-state index is 9.51. The molecule has 0 amide bonds. The van der Waals surface area contributed by atoms with E-state index in [0.29, 0.717) is 5.56 Å². The Morgan fingerprint density at radius 3 is 2.30 bits per heavy atom. The summed E-state index contributed by atoms with van der Waals surface area (Å²) in [6.45, 7) is 5.07. The average molecular weight is 522 g/mol. The number of nitrogens with zero attached hydrogens (tertiary/aromatic N) is 5. The molecule has 40 heavy (non-hydrogen) atoms. The van der Waals surface area contributed by atoms with Crippen LogP contribution < -0.4 is 0 Å². The minimum absolute atomic E-state index is 0.691. The second-order valence-electron chi connectivity index (χ2n) is 9.86. The lowest BCUT2D eigenvalue weighted by molar-refractivity contribution is 0.722. The minimum atomic E-state index is 0.691. The van der Waals surface area contributed by atoms with E-state index in [1.54, 1.807) is 0 Å². The molecule has 0 atom stereocenters. The van der Waals surface area contributed by atoms with Gasteiger partial charge in [0.2, 0.25) is 0 Å². The molecule has 0 fully saturated rings. The lowest BCUT2D eigenvalue weighted by Crippen LogP contribution is -2.05. The fourth-order valence-electron chi connectivity index (χ4n) is 5.37. The van der Waals surface area contributed by atoms with Crippen LogP contribution in [-0.4, -0.2) is 19.1 Å². The van der Waals surface area contributed by atoms with E-state index in [2.05, 4.69) is 104 Å². The highest BCUT2D eigenvalue weighted by Crippen LogP contribution is 2.31. The first-order valence-electron chi connectivity index (χ1n) is 13.4. The van der Waals surface area contributed by atoms with Gasteiger partial charge in [-0.3, -0.25) is 0 Å². The van der Waals surface area contributed by atoms with Crippen LogP contribution in [0, 0.1) is 31.1 Å². The van der Waals surface area contributed by atoms with Crippen molar-refractivity contribution >= 4 is 22.1 Å². The van der Waals surface area contributed by atoms with Crippen LogP contribution in [0.5, 0.6) is 0 Å². The summed E-state index contributed by atoms with van der Waals surface area (Å²) in [5, 5.41) is 9.51. The first-order chi connectivity index (χ1) is 19.6. The van der Waals surface area contributed by atoms with Crippen molar-refractivity contribution in [3.63, 3.8) is 0 Å². The Bertz CT molecular complexity index is 1880. The number of aryl methyl sites for hydroxylation is 3. The lowest BCUT2D eigenvalue weighted by atomic mass is 9.99. The molecule has 0 aliphatic carbocycles. The Kier molecular flexibility index (Phi) is 7.49. The average Bonchev–Trinajstić information content (AvgIpc) is 3.52. The fourth-order valence-corrected chi connectivity index (χ4v) is 5.37. The number of benzene rings is 4. The highest BCUT2D eigenvalue weighted by Gasteiger charge is 2.17. The van der Waals surface area contributed by atoms with Crippen LogP contribution in [0.3, 0.4) is 0 Å². The molecule has 6 rings (SSSR count). The number of rotatable bonds is 6. The molecule has 0 aliphatic rings. The zero-order valence-electron chi connectivity index (χ0n) is 23.1. The molecule has 2 heterocycles. The standard InChI is InChI=1S/C33H29N5.C2H2/c1-4-9-31-36-32-22(2)18-26(33-35-28-12-7-8-13-29(28)37(33)3)19-30(32)38(31)21-23-14-16-24(17-15-23)27-11-6-5-10-25(27)20-34;1-2/h5-8,10-19H,4,9,21H2,1-3H3;1-2H. The van der Waals surface area contributed by atoms with E-state index >= 15 is 0 Å². The van der Waals surface area contributed by atoms with Crippen molar-refractivity contribution in [3.8, 4) is 41.4 Å². The molecule has 0 radical (unpaired) electrons. The summed E-state index contributed by atoms with van der Waals surface area (Å²) in [4.78, 5) is 10.0. The highest BCUT2D eigenvalue weighted by molar-refractivity contribution is 5.87. The molecule has 196 valence electrons. The molecule has 0 unspecified atom stereocenters. The molecule has 0 saturated heterocycles. The fraction of sp³-hybridized carbons (Fsp3) is 0.171. The maximum atomic E-state index is 9.51. The SMILES string of the molecule is C#C.CCCc1nc2c(C)cc(-c3nc4ccccc4n3C)cc2n1Cc1ccc(-c2ccccc2C#N)cc1. The smallest absolute Gasteiger partial charge is 0.140 e. The molecule has 0 N–H and O–H groups in total. The Morgan fingerprint density at radius 1 is 0.850 bits per heavy atom. The molecule has 6 aromatic rings. The van der Waals surface area contributed by atoms with Gasteiger partial charge in [0.25, 0.3) is 0 Å². The normalized spacial score (nSPS) is 10.8. The molecule has 0 spiro atoms. The summed E-state index contributed by atoms with van der Waals surface area (Å²) in [5.74, 6) is 2.06. The van der Waals surface area contributed by atoms with Gasteiger partial charge in [-0.1, -0.05) is 61.5 Å². The third kappa shape index (κ3) is 4.75. The highest BCUT2D eigenvalue weighted by atomic mass is 15.1. The topological polar surface area (TPSA) is 59.4 Å². The molecular weight excluding hydrogens is 490 g/mol. The minimum Gasteiger partial charge on any atom is -0.327 e. The molecular formula is C35H31N5. The van der Waals surface area contributed by atoms with Crippen molar-refractivity contribution in [1.82, 2.24) is 19.1 Å². The molecule has 4 aromatic carbocycles. The summed E-state index contributed by atoms with van der Waals surface area (Å²) in [5.41, 5.74) is 10.5. The Morgan fingerprint density at radius 2 is 1.57 bits per heavy atom. The van der Waals surface area contributed by atoms with E-state index in [9.17, 15) is 5.26 Å². The van der Waals surface area contributed by atoms with Gasteiger partial charge in [0.1, 0.15) is 11.6 Å². The number of nitriles is 1. The third-order valence-corrected chi connectivity index (χ3v) is 7.30. The molecule has 5 heteroatoms. The van der Waals surface area contributed by atoms with E-state index in [-0.39, 0.29) is 0 Å². The van der Waals surface area contributed by atoms with E-state index < -0.39 is 0 Å². The Hall–Kier alpha value is -5.13. The molecule has 0 saturated carbocycles. The number of terminal acetylenes is 1. The van der Waals surface area contributed by atoms with Crippen molar-refractivity contribution in [1.29, 1.82) is 5.26 Å². The predicted octanol–water partition coefficient (Wildman–Crippen LogP) is 7.69. The van der Waals surface area contributed by atoms with Crippen LogP contribution in [0.25, 0.3) is 44.6 Å². The second-order valence-corrected chi connectivity index (χ2v) is 9.86. The zero-order chi connectivity index (χ0) is 28.2. The number of para-hydroxylation sites is 2. The van der Waals surface area contributed by atoms with Crippen LogP contribution in [0.2, 0.25) is 0 Å². The van der Waals surface area contributed by atoms with Gasteiger partial charge < -0.3 is 9.13 Å². The number of aromatic nitrogens is 4. The van der Waals surface area contributed by atoms with Crippen LogP contribution >= 0.6 is 0 Å². The first-order valence-corrected chi connectivity index (χ1v) is 13.4. The van der Waals surface area contributed by atoms with Gasteiger partial charge in [-0.15, -0.1) is 12.8 Å². The molecule has 5 nitrogen and oxygen atoms in total. The summed E-state index contributed by atoms with van der Waals surface area (Å²) < 4.78 is 4.53. The molecule has 2 aromatic heterocycles. The largest absolute Gasteiger partial charge is 0.327 e. The van der Waals surface area contributed by atoms with Gasteiger partial charge in [0, 0.05) is 25.6 Å². The summed E-state index contributed by atoms with van der Waals surface area (Å²) in [6, 6.07) is 31.3. The molecule has 0 bridgehead atoms. The van der Waals surface area contributed by atoms with Crippen LogP contribution in [0.1, 0.15) is 35.9 Å². The van der Waals surface area contributed by atoms with Crippen molar-refractivity contribution in [2.45, 2.75) is 33.2 Å². The number of fused-ring (bicyclic) bond motifs is 2. The number of imidazole rings is 2. The second kappa shape index (κ2) is 11.3. The van der Waals surface area contributed by atoms with E-state index in [0.717, 1.165) is 75.4 Å². The van der Waals surface area contributed by atoms with Gasteiger partial charge in [0.05, 0.1) is 33.7 Å². The number of hydrogen-bond donors (Lipinski definition) is 0. The van der Waals surface area contributed by atoms with E-state index in [4.69, 9.17) is 9.97 Å². The van der Waals surface area contributed by atoms with Gasteiger partial charge in [0.15, 0.2) is 0 Å². The first kappa shape index (κ1) is 26.5. The van der Waals surface area contributed by atoms with Crippen molar-refractivity contribution in [2.24, 2.45) is 7.05 Å². The van der Waals surface area contributed by atoms with Crippen LogP contribution in [-0.2, 0) is 20.0 Å². The van der Waals surface area contributed by atoms with Gasteiger partial charge in [-0.2, -0.15) is 5.26 Å². The van der Waals surface area contributed by atoms with Crippen molar-refractivity contribution in [3.05, 3.63) is 107 Å². The quantitative estimate of drug-likeness (QED) is 0.211. The predicted molar refractivity (Wildman–Crippen MR) is 164 cm³/mol. The van der Waals surface area contributed by atoms with Crippen molar-refractivity contribution < 1.29 is 0 Å². The Balaban J connectivity index is 0.00000158. The third-order valence-electron chi connectivity index (χ3n) is 7.30. The van der Waals surface area contributed by atoms with E-state index in [1.165, 1.54) is 5.56 Å². The van der Waals surface area contributed by atoms with E-state index in [1.807, 2.05) is 30.3 Å². The van der Waals surface area contributed by atoms with Gasteiger partial charge in [-0.25, -0.2) is 9.97 Å². The van der Waals surface area contributed by atoms with Crippen LogP contribution in [0.15, 0.2) is 84.9 Å². The van der Waals surface area contributed by atoms with Gasteiger partial charge in [-0.05, 0) is 65.9 Å². The zero-order valence-corrected chi connectivity index (χ0v) is 23.1. The van der Waals surface area contributed by atoms with Crippen LogP contribution in [0.4, 0.5) is 0 Å².